The van der Waals surface area contributed by atoms with Gasteiger partial charge in [0.15, 0.2) is 0 Å². The second-order valence-electron chi connectivity index (χ2n) is 3.46. The highest BCUT2D eigenvalue weighted by Crippen LogP contribution is 2.26. The average Bonchev–Trinajstić information content (AvgIpc) is 2.23. The molecule has 0 atom stereocenters. The Hall–Kier alpha value is -0.610. The molecule has 1 aromatic rings. The average molecular weight is 287 g/mol. The van der Waals surface area contributed by atoms with Gasteiger partial charge in [-0.25, -0.2) is 0 Å². The molecule has 0 radical (unpaired) electrons. The first-order valence-corrected chi connectivity index (χ1v) is 6.02. The summed E-state index contributed by atoms with van der Waals surface area (Å²) in [5.74, 6) is 0.365. The van der Waals surface area contributed by atoms with Crippen LogP contribution in [0.5, 0.6) is 5.75 Å². The fraction of sp³-hybridized carbons (Fsp3) is 0.455. The van der Waals surface area contributed by atoms with Crippen molar-refractivity contribution in [1.29, 1.82) is 0 Å². The van der Waals surface area contributed by atoms with E-state index in [2.05, 4.69) is 4.74 Å². The lowest BCUT2D eigenvalue weighted by molar-refractivity contribution is -0.274. The van der Waals surface area contributed by atoms with E-state index in [0.717, 1.165) is 5.56 Å². The Balaban J connectivity index is 2.88. The number of benzene rings is 1. The van der Waals surface area contributed by atoms with Crippen LogP contribution in [0.15, 0.2) is 18.2 Å². The molecule has 0 aromatic heterocycles. The molecule has 1 rings (SSSR count). The molecule has 0 aliphatic carbocycles. The smallest absolute Gasteiger partial charge is 0.406 e. The molecular weight excluding hydrogens is 276 g/mol. The molecule has 0 heterocycles. The monoisotopic (exact) mass is 286 g/mol. The molecule has 0 spiro atoms. The highest BCUT2D eigenvalue weighted by atomic mass is 35.5. The molecule has 0 bridgehead atoms. The van der Waals surface area contributed by atoms with Crippen molar-refractivity contribution < 1.29 is 17.9 Å². The van der Waals surface area contributed by atoms with E-state index in [1.807, 2.05) is 0 Å². The van der Waals surface area contributed by atoms with Crippen molar-refractivity contribution in [3.05, 3.63) is 29.3 Å². The van der Waals surface area contributed by atoms with E-state index < -0.39 is 6.36 Å². The standard InChI is InChI=1S/C11H11Cl2F3O/c12-3-1-2-8-4-9(7-13)6-10(5-8)17-11(14,15)16/h4-6H,1-3,7H2. The number of hydrogen-bond donors (Lipinski definition) is 0. The number of aryl methyl sites for hydroxylation is 1. The first kappa shape index (κ1) is 14.5. The molecule has 0 aliphatic rings. The lowest BCUT2D eigenvalue weighted by Crippen LogP contribution is -2.17. The first-order valence-electron chi connectivity index (χ1n) is 4.95. The van der Waals surface area contributed by atoms with Crippen molar-refractivity contribution in [2.75, 3.05) is 5.88 Å². The minimum absolute atomic E-state index is 0.142. The van der Waals surface area contributed by atoms with E-state index in [9.17, 15) is 13.2 Å². The van der Waals surface area contributed by atoms with Gasteiger partial charge in [-0.1, -0.05) is 6.07 Å². The van der Waals surface area contributed by atoms with E-state index >= 15 is 0 Å². The second-order valence-corrected chi connectivity index (χ2v) is 4.10. The van der Waals surface area contributed by atoms with E-state index in [4.69, 9.17) is 23.2 Å². The maximum absolute atomic E-state index is 12.1. The molecule has 6 heteroatoms. The highest BCUT2D eigenvalue weighted by Gasteiger charge is 2.31. The van der Waals surface area contributed by atoms with Crippen LogP contribution in [0.4, 0.5) is 13.2 Å². The molecule has 0 saturated heterocycles. The van der Waals surface area contributed by atoms with Gasteiger partial charge in [-0.05, 0) is 36.1 Å². The zero-order chi connectivity index (χ0) is 12.9. The highest BCUT2D eigenvalue weighted by molar-refractivity contribution is 6.17. The number of alkyl halides is 5. The van der Waals surface area contributed by atoms with Crippen LogP contribution in [0.2, 0.25) is 0 Å². The molecule has 0 unspecified atom stereocenters. The van der Waals surface area contributed by atoms with Crippen LogP contribution in [0.1, 0.15) is 17.5 Å². The van der Waals surface area contributed by atoms with Gasteiger partial charge < -0.3 is 4.74 Å². The van der Waals surface area contributed by atoms with Crippen molar-refractivity contribution in [3.8, 4) is 5.75 Å². The predicted molar refractivity (Wildman–Crippen MR) is 61.7 cm³/mol. The minimum Gasteiger partial charge on any atom is -0.406 e. The maximum atomic E-state index is 12.1. The van der Waals surface area contributed by atoms with Crippen molar-refractivity contribution >= 4 is 23.2 Å². The lowest BCUT2D eigenvalue weighted by atomic mass is 10.1. The van der Waals surface area contributed by atoms with Crippen LogP contribution in [-0.2, 0) is 12.3 Å². The molecule has 0 aliphatic heterocycles. The van der Waals surface area contributed by atoms with Gasteiger partial charge in [0.1, 0.15) is 5.75 Å². The number of hydrogen-bond acceptors (Lipinski definition) is 1. The summed E-state index contributed by atoms with van der Waals surface area (Å²) < 4.78 is 40.1. The fourth-order valence-corrected chi connectivity index (χ4v) is 1.70. The normalized spacial score (nSPS) is 11.6. The quantitative estimate of drug-likeness (QED) is 0.725. The molecule has 17 heavy (non-hydrogen) atoms. The Morgan fingerprint density at radius 2 is 1.71 bits per heavy atom. The van der Waals surface area contributed by atoms with Gasteiger partial charge in [-0.15, -0.1) is 36.4 Å². The molecular formula is C11H11Cl2F3O. The Kier molecular flexibility index (Phi) is 5.40. The van der Waals surface area contributed by atoms with Crippen molar-refractivity contribution in [2.24, 2.45) is 0 Å². The zero-order valence-electron chi connectivity index (χ0n) is 8.86. The van der Waals surface area contributed by atoms with Gasteiger partial charge in [0.25, 0.3) is 0 Å². The number of halogens is 5. The number of rotatable bonds is 5. The van der Waals surface area contributed by atoms with Crippen LogP contribution in [0.25, 0.3) is 0 Å². The molecule has 96 valence electrons. The Morgan fingerprint density at radius 3 is 2.24 bits per heavy atom. The SMILES string of the molecule is FC(F)(F)Oc1cc(CCl)cc(CCCCl)c1. The maximum Gasteiger partial charge on any atom is 0.573 e. The van der Waals surface area contributed by atoms with E-state index in [0.29, 0.717) is 24.3 Å². The Labute approximate surface area is 107 Å². The van der Waals surface area contributed by atoms with Crippen LogP contribution in [0.3, 0.4) is 0 Å². The van der Waals surface area contributed by atoms with Gasteiger partial charge in [0, 0.05) is 11.8 Å². The minimum atomic E-state index is -4.69. The fourth-order valence-electron chi connectivity index (χ4n) is 1.41. The third-order valence-corrected chi connectivity index (χ3v) is 2.59. The molecule has 0 saturated carbocycles. The van der Waals surface area contributed by atoms with Crippen LogP contribution < -0.4 is 4.74 Å². The van der Waals surface area contributed by atoms with Gasteiger partial charge in [-0.2, -0.15) is 0 Å². The summed E-state index contributed by atoms with van der Waals surface area (Å²) in [6, 6.07) is 4.39. The van der Waals surface area contributed by atoms with E-state index in [-0.39, 0.29) is 11.6 Å². The summed E-state index contributed by atoms with van der Waals surface area (Å²) in [5, 5.41) is 0. The summed E-state index contributed by atoms with van der Waals surface area (Å²) in [6.07, 6.45) is -3.39. The summed E-state index contributed by atoms with van der Waals surface area (Å²) >= 11 is 11.1. The van der Waals surface area contributed by atoms with Gasteiger partial charge in [-0.3, -0.25) is 0 Å². The summed E-state index contributed by atoms with van der Waals surface area (Å²) in [6.45, 7) is 0. The number of ether oxygens (including phenoxy) is 1. The molecule has 1 nitrogen and oxygen atoms in total. The second kappa shape index (κ2) is 6.36. The first-order chi connectivity index (χ1) is 7.94. The molecule has 0 amide bonds. The molecule has 1 aromatic carbocycles. The third-order valence-electron chi connectivity index (χ3n) is 2.01. The summed E-state index contributed by atoms with van der Waals surface area (Å²) in [4.78, 5) is 0. The summed E-state index contributed by atoms with van der Waals surface area (Å²) in [5.41, 5.74) is 1.33. The van der Waals surface area contributed by atoms with Crippen molar-refractivity contribution in [3.63, 3.8) is 0 Å². The zero-order valence-corrected chi connectivity index (χ0v) is 10.4. The van der Waals surface area contributed by atoms with E-state index in [1.54, 1.807) is 6.07 Å². The van der Waals surface area contributed by atoms with Crippen molar-refractivity contribution in [1.82, 2.24) is 0 Å². The van der Waals surface area contributed by atoms with Crippen molar-refractivity contribution in [2.45, 2.75) is 25.1 Å². The molecule has 0 N–H and O–H groups in total. The van der Waals surface area contributed by atoms with Gasteiger partial charge >= 0.3 is 6.36 Å². The van der Waals surface area contributed by atoms with Gasteiger partial charge in [0.05, 0.1) is 0 Å². The third kappa shape index (κ3) is 5.50. The Morgan fingerprint density at radius 1 is 1.06 bits per heavy atom. The van der Waals surface area contributed by atoms with Crippen LogP contribution in [0, 0.1) is 0 Å². The van der Waals surface area contributed by atoms with Crippen LogP contribution >= 0.6 is 23.2 Å². The van der Waals surface area contributed by atoms with Gasteiger partial charge in [0.2, 0.25) is 0 Å². The predicted octanol–water partition coefficient (Wildman–Crippen LogP) is 4.50. The Bertz CT molecular complexity index is 366. The van der Waals surface area contributed by atoms with Crippen LogP contribution in [-0.4, -0.2) is 12.2 Å². The summed E-state index contributed by atoms with van der Waals surface area (Å²) in [7, 11) is 0. The largest absolute Gasteiger partial charge is 0.573 e. The van der Waals surface area contributed by atoms with E-state index in [1.165, 1.54) is 12.1 Å². The topological polar surface area (TPSA) is 9.23 Å². The molecule has 0 fully saturated rings. The lowest BCUT2D eigenvalue weighted by Gasteiger charge is -2.11.